The van der Waals surface area contributed by atoms with Gasteiger partial charge >= 0.3 is 12.1 Å². The summed E-state index contributed by atoms with van der Waals surface area (Å²) in [7, 11) is 0. The number of aliphatic hydroxyl groups excluding tert-OH is 1. The number of amides is 3. The lowest BCUT2D eigenvalue weighted by Gasteiger charge is -2.34. The average Bonchev–Trinajstić information content (AvgIpc) is 3.04. The maximum atomic E-state index is 13.1. The van der Waals surface area contributed by atoms with Crippen LogP contribution in [0.4, 0.5) is 4.79 Å². The number of alkyl carbamates (subject to hydrolysis) is 1. The van der Waals surface area contributed by atoms with Crippen molar-refractivity contribution in [2.24, 2.45) is 5.41 Å². The molecule has 0 spiro atoms. The van der Waals surface area contributed by atoms with Gasteiger partial charge in [-0.2, -0.15) is 0 Å². The van der Waals surface area contributed by atoms with Crippen LogP contribution < -0.4 is 16.1 Å². The van der Waals surface area contributed by atoms with Crippen molar-refractivity contribution in [1.82, 2.24) is 26.1 Å². The summed E-state index contributed by atoms with van der Waals surface area (Å²) < 4.78 is 14.3. The summed E-state index contributed by atoms with van der Waals surface area (Å²) in [5.74, 6) is -1.77. The van der Waals surface area contributed by atoms with Crippen LogP contribution in [0.25, 0.3) is 17.0 Å². The molecule has 1 aliphatic rings. The van der Waals surface area contributed by atoms with Crippen LogP contribution in [-0.2, 0) is 28.6 Å². The maximum absolute atomic E-state index is 13.1. The van der Waals surface area contributed by atoms with E-state index in [2.05, 4.69) is 16.1 Å². The number of hydrogen-bond donors (Lipinski definition) is 4. The number of aromatic nitrogens is 1. The van der Waals surface area contributed by atoms with E-state index in [0.29, 0.717) is 30.6 Å². The standard InChI is InChI=1S/C35H48Cl3N5O8/c1-20(40-32(48)51-33(4,5)6)25-14-13-24-12-11-23(18-27(24)41-25)15-16-34(7,8)31(47)50-22(3)28(44)39-21(2)29(45)43-17-9-10-26(42-43)30(46)49-19-35(36,37)38/h11-16,18,20-22,26,31,42,47H,9-10,17,19H2,1-8H3,(H,39,44)(H,40,48)/b16-15+/t20-,21+,22+,26+,31?/m1/s1. The van der Waals surface area contributed by atoms with Gasteiger partial charge in [0.2, 0.25) is 9.70 Å². The number of rotatable bonds is 12. The summed E-state index contributed by atoms with van der Waals surface area (Å²) in [6.07, 6.45) is 1.48. The number of carbonyl (C=O) groups is 4. The molecule has 3 rings (SSSR count). The van der Waals surface area contributed by atoms with E-state index >= 15 is 0 Å². The molecule has 13 nitrogen and oxygen atoms in total. The molecule has 0 aliphatic carbocycles. The Morgan fingerprint density at radius 3 is 2.37 bits per heavy atom. The Hall–Kier alpha value is -3.20. The number of ether oxygens (including phenoxy) is 3. The van der Waals surface area contributed by atoms with Crippen molar-refractivity contribution in [3.05, 3.63) is 47.7 Å². The van der Waals surface area contributed by atoms with E-state index in [1.807, 2.05) is 43.3 Å². The van der Waals surface area contributed by atoms with Crippen molar-refractivity contribution >= 4 is 75.7 Å². The molecule has 2 aromatic rings. The molecule has 3 amide bonds. The van der Waals surface area contributed by atoms with Crippen LogP contribution in [0, 0.1) is 5.41 Å². The van der Waals surface area contributed by atoms with Crippen molar-refractivity contribution in [3.8, 4) is 0 Å². The largest absolute Gasteiger partial charge is 0.460 e. The summed E-state index contributed by atoms with van der Waals surface area (Å²) in [4.78, 5) is 55.4. The van der Waals surface area contributed by atoms with Crippen molar-refractivity contribution in [1.29, 1.82) is 0 Å². The number of aliphatic hydroxyl groups is 1. The number of pyridine rings is 1. The quantitative estimate of drug-likeness (QED) is 0.123. The molecule has 282 valence electrons. The van der Waals surface area contributed by atoms with E-state index in [-0.39, 0.29) is 6.04 Å². The van der Waals surface area contributed by atoms with Crippen LogP contribution in [0.5, 0.6) is 0 Å². The second kappa shape index (κ2) is 17.5. The minimum Gasteiger partial charge on any atom is -0.460 e. The molecule has 0 bridgehead atoms. The first kappa shape index (κ1) is 42.2. The Labute approximate surface area is 313 Å². The molecule has 0 radical (unpaired) electrons. The molecule has 1 aliphatic heterocycles. The van der Waals surface area contributed by atoms with E-state index in [0.717, 1.165) is 10.9 Å². The molecule has 1 aromatic heterocycles. The fraction of sp³-hybridized carbons (Fsp3) is 0.571. The van der Waals surface area contributed by atoms with Crippen LogP contribution in [0.1, 0.15) is 85.5 Å². The molecule has 1 saturated heterocycles. The Morgan fingerprint density at radius 2 is 1.73 bits per heavy atom. The van der Waals surface area contributed by atoms with Crippen LogP contribution in [-0.4, -0.2) is 86.0 Å². The highest BCUT2D eigenvalue weighted by molar-refractivity contribution is 6.67. The van der Waals surface area contributed by atoms with Crippen molar-refractivity contribution < 1.29 is 38.5 Å². The van der Waals surface area contributed by atoms with Gasteiger partial charge in [-0.3, -0.25) is 24.4 Å². The van der Waals surface area contributed by atoms with Gasteiger partial charge in [-0.25, -0.2) is 10.2 Å². The van der Waals surface area contributed by atoms with E-state index in [4.69, 9.17) is 54.0 Å². The number of carbonyl (C=O) groups excluding carboxylic acids is 4. The molecule has 16 heteroatoms. The maximum Gasteiger partial charge on any atom is 0.408 e. The predicted molar refractivity (Wildman–Crippen MR) is 196 cm³/mol. The number of benzene rings is 1. The SMILES string of the molecule is C[C@H](NC(=O)[C@H](C)OC(O)C(C)(C)/C=C/c1ccc2ccc([C@@H](C)NC(=O)OC(C)(C)C)nc2c1)C(=O)N1CCC[C@@H](C(=O)OCC(Cl)(Cl)Cl)N1. The molecular weight excluding hydrogens is 725 g/mol. The highest BCUT2D eigenvalue weighted by Gasteiger charge is 2.34. The summed E-state index contributed by atoms with van der Waals surface area (Å²) >= 11 is 16.9. The van der Waals surface area contributed by atoms with Crippen LogP contribution in [0.15, 0.2) is 36.4 Å². The van der Waals surface area contributed by atoms with Gasteiger partial charge in [0.1, 0.15) is 30.4 Å². The zero-order chi connectivity index (χ0) is 38.3. The highest BCUT2D eigenvalue weighted by Crippen LogP contribution is 2.28. The first-order valence-electron chi connectivity index (χ1n) is 16.6. The third kappa shape index (κ3) is 13.4. The fourth-order valence-corrected chi connectivity index (χ4v) is 5.04. The normalized spacial score (nSPS) is 18.1. The molecule has 51 heavy (non-hydrogen) atoms. The molecule has 5 atom stereocenters. The lowest BCUT2D eigenvalue weighted by atomic mass is 9.91. The Bertz CT molecular complexity index is 1590. The fourth-order valence-electron chi connectivity index (χ4n) is 4.87. The molecule has 1 unspecified atom stereocenters. The van der Waals surface area contributed by atoms with E-state index in [1.54, 1.807) is 40.7 Å². The van der Waals surface area contributed by atoms with Gasteiger partial charge in [0.25, 0.3) is 5.91 Å². The van der Waals surface area contributed by atoms with Gasteiger partial charge in [0.15, 0.2) is 6.29 Å². The highest BCUT2D eigenvalue weighted by atomic mass is 35.6. The molecule has 1 fully saturated rings. The third-order valence-corrected chi connectivity index (χ3v) is 8.13. The number of alkyl halides is 3. The third-order valence-electron chi connectivity index (χ3n) is 7.80. The number of hydrazine groups is 1. The van der Waals surface area contributed by atoms with Crippen molar-refractivity contribution in [2.75, 3.05) is 13.2 Å². The summed E-state index contributed by atoms with van der Waals surface area (Å²) in [6, 6.07) is 7.30. The first-order chi connectivity index (χ1) is 23.5. The van der Waals surface area contributed by atoms with Gasteiger partial charge in [-0.05, 0) is 72.1 Å². The lowest BCUT2D eigenvalue weighted by molar-refractivity contribution is -0.183. The van der Waals surface area contributed by atoms with E-state index in [1.165, 1.54) is 18.9 Å². The van der Waals surface area contributed by atoms with Gasteiger partial charge in [-0.1, -0.05) is 79.0 Å². The smallest absolute Gasteiger partial charge is 0.408 e. The number of fused-ring (bicyclic) bond motifs is 1. The Kier molecular flexibility index (Phi) is 14.5. The molecule has 1 aromatic carbocycles. The zero-order valence-corrected chi connectivity index (χ0v) is 32.4. The molecule has 2 heterocycles. The second-order valence-electron chi connectivity index (χ2n) is 14.1. The zero-order valence-electron chi connectivity index (χ0n) is 30.1. The van der Waals surface area contributed by atoms with E-state index in [9.17, 15) is 24.3 Å². The minimum atomic E-state index is -1.76. The Balaban J connectivity index is 1.56. The van der Waals surface area contributed by atoms with Crippen LogP contribution in [0.3, 0.4) is 0 Å². The number of esters is 1. The second-order valence-corrected chi connectivity index (χ2v) is 16.6. The molecule has 0 saturated carbocycles. The van der Waals surface area contributed by atoms with Gasteiger partial charge in [0, 0.05) is 17.3 Å². The monoisotopic (exact) mass is 771 g/mol. The topological polar surface area (TPSA) is 168 Å². The van der Waals surface area contributed by atoms with Crippen LogP contribution >= 0.6 is 34.8 Å². The van der Waals surface area contributed by atoms with E-state index < -0.39 is 69.8 Å². The predicted octanol–water partition coefficient (Wildman–Crippen LogP) is 5.50. The molecular formula is C35H48Cl3N5O8. The number of halogens is 3. The van der Waals surface area contributed by atoms with Crippen molar-refractivity contribution in [3.63, 3.8) is 0 Å². The Morgan fingerprint density at radius 1 is 1.06 bits per heavy atom. The van der Waals surface area contributed by atoms with Crippen molar-refractivity contribution in [2.45, 2.75) is 108 Å². The average molecular weight is 773 g/mol. The number of hydrogen-bond acceptors (Lipinski definition) is 10. The molecule has 4 N–H and O–H groups in total. The lowest BCUT2D eigenvalue weighted by Crippen LogP contribution is -2.60. The van der Waals surface area contributed by atoms with Gasteiger partial charge < -0.3 is 30.0 Å². The van der Waals surface area contributed by atoms with Crippen LogP contribution in [0.2, 0.25) is 0 Å². The minimum absolute atomic E-state index is 0.303. The van der Waals surface area contributed by atoms with Gasteiger partial charge in [0.05, 0.1) is 17.3 Å². The summed E-state index contributed by atoms with van der Waals surface area (Å²) in [5.41, 5.74) is 3.45. The summed E-state index contributed by atoms with van der Waals surface area (Å²) in [6.45, 7) is 13.5. The number of nitrogens with zero attached hydrogens (tertiary/aromatic N) is 2. The summed E-state index contributed by atoms with van der Waals surface area (Å²) in [5, 5.41) is 18.5. The first-order valence-corrected chi connectivity index (χ1v) is 17.7. The number of nitrogens with one attached hydrogen (secondary N) is 3. The van der Waals surface area contributed by atoms with Gasteiger partial charge in [-0.15, -0.1) is 0 Å².